The molecule has 0 N–H and O–H groups in total. The van der Waals surface area contributed by atoms with Gasteiger partial charge in [0.05, 0.1) is 0 Å². The van der Waals surface area contributed by atoms with Crippen molar-refractivity contribution in [3.05, 3.63) is 94.5 Å². The van der Waals surface area contributed by atoms with Gasteiger partial charge >= 0.3 is 0 Å². The summed E-state index contributed by atoms with van der Waals surface area (Å²) in [7, 11) is 0. The number of aryl methyl sites for hydroxylation is 2. The Morgan fingerprint density at radius 1 is 0.739 bits per heavy atom. The lowest BCUT2D eigenvalue weighted by Gasteiger charge is -2.34. The highest BCUT2D eigenvalue weighted by molar-refractivity contribution is 5.75. The minimum atomic E-state index is 0.910. The van der Waals surface area contributed by atoms with Gasteiger partial charge in [0, 0.05) is 24.3 Å². The van der Waals surface area contributed by atoms with Gasteiger partial charge in [-0.25, -0.2) is 0 Å². The Labute approximate surface area is 138 Å². The van der Waals surface area contributed by atoms with Gasteiger partial charge in [-0.15, -0.1) is 0 Å². The lowest BCUT2D eigenvalue weighted by Crippen LogP contribution is -2.23. The van der Waals surface area contributed by atoms with E-state index in [4.69, 9.17) is 0 Å². The van der Waals surface area contributed by atoms with E-state index >= 15 is 0 Å². The van der Waals surface area contributed by atoms with Crippen LogP contribution in [0.3, 0.4) is 0 Å². The molecule has 0 unspecified atom stereocenters. The number of fused-ring (bicyclic) bond motifs is 2. The molecule has 0 aromatic heterocycles. The van der Waals surface area contributed by atoms with Crippen LogP contribution in [0, 0.1) is 13.8 Å². The number of anilines is 2. The van der Waals surface area contributed by atoms with Crippen LogP contribution >= 0.6 is 0 Å². The van der Waals surface area contributed by atoms with E-state index in [1.807, 2.05) is 0 Å². The largest absolute Gasteiger partial charge is 0.337 e. The molecule has 1 heterocycles. The maximum atomic E-state index is 2.46. The molecule has 0 saturated carbocycles. The van der Waals surface area contributed by atoms with Crippen molar-refractivity contribution in [3.63, 3.8) is 0 Å². The minimum Gasteiger partial charge on any atom is -0.337 e. The first-order chi connectivity index (χ1) is 11.2. The second-order valence-corrected chi connectivity index (χ2v) is 6.51. The van der Waals surface area contributed by atoms with Crippen LogP contribution in [0.2, 0.25) is 0 Å². The van der Waals surface area contributed by atoms with E-state index in [0.717, 1.165) is 13.0 Å². The van der Waals surface area contributed by atoms with E-state index in [1.54, 1.807) is 0 Å². The van der Waals surface area contributed by atoms with Gasteiger partial charge in [-0.2, -0.15) is 0 Å². The van der Waals surface area contributed by atoms with Crippen molar-refractivity contribution in [2.24, 2.45) is 0 Å². The van der Waals surface area contributed by atoms with Crippen LogP contribution in [0.5, 0.6) is 0 Å². The van der Waals surface area contributed by atoms with Gasteiger partial charge in [-0.05, 0) is 42.7 Å². The van der Waals surface area contributed by atoms with Crippen LogP contribution < -0.4 is 4.90 Å². The number of hydrogen-bond donors (Lipinski definition) is 0. The van der Waals surface area contributed by atoms with Crippen LogP contribution in [0.25, 0.3) is 0 Å². The summed E-state index contributed by atoms with van der Waals surface area (Å²) in [6.07, 6.45) is 1.03. The molecule has 0 amide bonds. The van der Waals surface area contributed by atoms with Gasteiger partial charge in [-0.1, -0.05) is 65.7 Å². The van der Waals surface area contributed by atoms with Gasteiger partial charge in [0.1, 0.15) is 0 Å². The molecule has 3 aromatic carbocycles. The second kappa shape index (κ2) is 5.58. The van der Waals surface area contributed by atoms with Crippen molar-refractivity contribution in [1.29, 1.82) is 0 Å². The summed E-state index contributed by atoms with van der Waals surface area (Å²) < 4.78 is 0. The van der Waals surface area contributed by atoms with Crippen LogP contribution in [0.15, 0.2) is 66.7 Å². The number of hydrogen-bond acceptors (Lipinski definition) is 1. The topological polar surface area (TPSA) is 3.24 Å². The predicted octanol–water partition coefficient (Wildman–Crippen LogP) is 5.55. The van der Waals surface area contributed by atoms with Crippen molar-refractivity contribution < 1.29 is 0 Å². The molecule has 0 aliphatic carbocycles. The molecule has 0 radical (unpaired) electrons. The zero-order valence-corrected chi connectivity index (χ0v) is 13.7. The van der Waals surface area contributed by atoms with Crippen LogP contribution in [-0.4, -0.2) is 0 Å². The summed E-state index contributed by atoms with van der Waals surface area (Å²) >= 11 is 0. The fourth-order valence-electron chi connectivity index (χ4n) is 3.51. The Balaban J connectivity index is 1.83. The molecule has 114 valence electrons. The monoisotopic (exact) mass is 299 g/mol. The number of nitrogens with zero attached hydrogens (tertiary/aromatic N) is 1. The fourth-order valence-corrected chi connectivity index (χ4v) is 3.51. The standard InChI is InChI=1S/C22H21N/c1-16-8-10-21-19(12-16)14-20-13-17(2)9-11-22(20)23(21)15-18-6-4-3-5-7-18/h3-13H,14-15H2,1-2H3. The Morgan fingerprint density at radius 3 is 1.87 bits per heavy atom. The first-order valence-electron chi connectivity index (χ1n) is 8.21. The third-order valence-corrected chi connectivity index (χ3v) is 4.62. The van der Waals surface area contributed by atoms with Crippen molar-refractivity contribution >= 4 is 11.4 Å². The highest BCUT2D eigenvalue weighted by atomic mass is 15.1. The summed E-state index contributed by atoms with van der Waals surface area (Å²) in [6.45, 7) is 5.26. The highest BCUT2D eigenvalue weighted by Gasteiger charge is 2.22. The molecule has 1 heteroatoms. The first-order valence-corrected chi connectivity index (χ1v) is 8.21. The molecule has 0 atom stereocenters. The predicted molar refractivity (Wildman–Crippen MR) is 97.4 cm³/mol. The van der Waals surface area contributed by atoms with E-state index in [2.05, 4.69) is 85.5 Å². The Kier molecular flexibility index (Phi) is 3.42. The van der Waals surface area contributed by atoms with E-state index in [1.165, 1.54) is 39.2 Å². The molecule has 0 fully saturated rings. The van der Waals surface area contributed by atoms with E-state index in [-0.39, 0.29) is 0 Å². The zero-order chi connectivity index (χ0) is 15.8. The van der Waals surface area contributed by atoms with Crippen molar-refractivity contribution in [2.45, 2.75) is 26.8 Å². The Hall–Kier alpha value is -2.54. The Morgan fingerprint density at radius 2 is 1.30 bits per heavy atom. The third kappa shape index (κ3) is 2.63. The lowest BCUT2D eigenvalue weighted by atomic mass is 9.93. The van der Waals surface area contributed by atoms with Crippen LogP contribution in [-0.2, 0) is 13.0 Å². The summed E-state index contributed by atoms with van der Waals surface area (Å²) in [4.78, 5) is 2.46. The average molecular weight is 299 g/mol. The van der Waals surface area contributed by atoms with Gasteiger partial charge in [-0.3, -0.25) is 0 Å². The second-order valence-electron chi connectivity index (χ2n) is 6.51. The SMILES string of the molecule is Cc1ccc2c(c1)Cc1cc(C)ccc1N2Cc1ccccc1. The molecule has 0 spiro atoms. The molecule has 1 aliphatic heterocycles. The van der Waals surface area contributed by atoms with Crippen LogP contribution in [0.1, 0.15) is 27.8 Å². The van der Waals surface area contributed by atoms with Crippen molar-refractivity contribution in [1.82, 2.24) is 0 Å². The van der Waals surface area contributed by atoms with Crippen molar-refractivity contribution in [3.8, 4) is 0 Å². The maximum absolute atomic E-state index is 2.46. The lowest BCUT2D eigenvalue weighted by molar-refractivity contribution is 0.923. The number of rotatable bonds is 2. The van der Waals surface area contributed by atoms with Crippen LogP contribution in [0.4, 0.5) is 11.4 Å². The zero-order valence-electron chi connectivity index (χ0n) is 13.7. The van der Waals surface area contributed by atoms with Crippen molar-refractivity contribution in [2.75, 3.05) is 4.90 Å². The molecule has 3 aromatic rings. The summed E-state index contributed by atoms with van der Waals surface area (Å²) in [6, 6.07) is 24.4. The summed E-state index contributed by atoms with van der Waals surface area (Å²) in [5.74, 6) is 0. The molecule has 1 nitrogen and oxygen atoms in total. The summed E-state index contributed by atoms with van der Waals surface area (Å²) in [5.41, 5.74) is 9.55. The smallest absolute Gasteiger partial charge is 0.0481 e. The Bertz CT molecular complexity index is 798. The molecule has 0 saturated heterocycles. The highest BCUT2D eigenvalue weighted by Crippen LogP contribution is 2.40. The molecule has 4 rings (SSSR count). The van der Waals surface area contributed by atoms with Gasteiger partial charge in [0.25, 0.3) is 0 Å². The van der Waals surface area contributed by atoms with Gasteiger partial charge < -0.3 is 4.90 Å². The minimum absolute atomic E-state index is 0.910. The van der Waals surface area contributed by atoms with E-state index in [0.29, 0.717) is 0 Å². The fraction of sp³-hybridized carbons (Fsp3) is 0.182. The normalized spacial score (nSPS) is 12.7. The molecular formula is C22H21N. The molecule has 0 bridgehead atoms. The molecular weight excluding hydrogens is 278 g/mol. The van der Waals surface area contributed by atoms with E-state index in [9.17, 15) is 0 Å². The maximum Gasteiger partial charge on any atom is 0.0481 e. The number of benzene rings is 3. The van der Waals surface area contributed by atoms with E-state index < -0.39 is 0 Å². The van der Waals surface area contributed by atoms with Gasteiger partial charge in [0.15, 0.2) is 0 Å². The summed E-state index contributed by atoms with van der Waals surface area (Å²) in [5, 5.41) is 0. The third-order valence-electron chi connectivity index (χ3n) is 4.62. The quantitative estimate of drug-likeness (QED) is 0.600. The first kappa shape index (κ1) is 14.1. The van der Waals surface area contributed by atoms with Gasteiger partial charge in [0.2, 0.25) is 0 Å². The molecule has 1 aliphatic rings. The molecule has 23 heavy (non-hydrogen) atoms. The average Bonchev–Trinajstić information content (AvgIpc) is 2.55.